The molecule has 0 aromatic heterocycles. The Hall–Kier alpha value is -2.18. The van der Waals surface area contributed by atoms with E-state index in [1.54, 1.807) is 0 Å². The molecule has 0 fully saturated rings. The number of carbonyl (C=O) groups excluding carboxylic acids is 2. The van der Waals surface area contributed by atoms with Crippen LogP contribution >= 0.6 is 0 Å². The molecule has 0 saturated carbocycles. The van der Waals surface area contributed by atoms with Crippen LogP contribution in [-0.4, -0.2) is 46.9 Å². The molecule has 6 nitrogen and oxygen atoms in total. The molecule has 3 N–H and O–H groups in total. The Balaban J connectivity index is 4.64. The summed E-state index contributed by atoms with van der Waals surface area (Å²) in [5.74, 6) is -0.567. The Kier molecular flexibility index (Phi) is 48.1. The molecule has 362 valence electrons. The molecular formula is C56H103NO5. The molecule has 0 aliphatic heterocycles. The van der Waals surface area contributed by atoms with Gasteiger partial charge in [0.15, 0.2) is 0 Å². The number of aliphatic hydroxyl groups is 2. The Morgan fingerprint density at radius 1 is 0.484 bits per heavy atom. The van der Waals surface area contributed by atoms with Crippen LogP contribution < -0.4 is 5.32 Å². The van der Waals surface area contributed by atoms with Crippen molar-refractivity contribution in [3.05, 3.63) is 48.6 Å². The molecule has 62 heavy (non-hydrogen) atoms. The fraction of sp³-hybridized carbons (Fsp3) is 0.821. The van der Waals surface area contributed by atoms with E-state index in [0.29, 0.717) is 19.3 Å². The molecule has 0 heterocycles. The van der Waals surface area contributed by atoms with Gasteiger partial charge >= 0.3 is 5.97 Å². The number of hydrogen-bond acceptors (Lipinski definition) is 5. The van der Waals surface area contributed by atoms with Crippen molar-refractivity contribution in [1.82, 2.24) is 5.32 Å². The first kappa shape index (κ1) is 59.8. The van der Waals surface area contributed by atoms with E-state index in [-0.39, 0.29) is 24.9 Å². The Bertz CT molecular complexity index is 1070. The van der Waals surface area contributed by atoms with Gasteiger partial charge in [-0.1, -0.05) is 256 Å². The van der Waals surface area contributed by atoms with Crippen LogP contribution in [0.3, 0.4) is 0 Å². The zero-order valence-corrected chi connectivity index (χ0v) is 41.3. The van der Waals surface area contributed by atoms with E-state index in [1.165, 1.54) is 167 Å². The van der Waals surface area contributed by atoms with Gasteiger partial charge in [0, 0.05) is 12.8 Å². The summed E-state index contributed by atoms with van der Waals surface area (Å²) in [4.78, 5) is 26.1. The first-order chi connectivity index (χ1) is 30.5. The average molecular weight is 870 g/mol. The zero-order valence-electron chi connectivity index (χ0n) is 41.3. The number of rotatable bonds is 48. The maximum absolute atomic E-state index is 13.2. The summed E-state index contributed by atoms with van der Waals surface area (Å²) in [6.07, 6.45) is 60.4. The van der Waals surface area contributed by atoms with Gasteiger partial charge in [-0.05, 0) is 44.9 Å². The van der Waals surface area contributed by atoms with Gasteiger partial charge in [-0.2, -0.15) is 0 Å². The molecule has 0 aliphatic rings. The maximum atomic E-state index is 13.2. The van der Waals surface area contributed by atoms with Gasteiger partial charge in [-0.15, -0.1) is 0 Å². The van der Waals surface area contributed by atoms with Crippen molar-refractivity contribution in [3.8, 4) is 0 Å². The van der Waals surface area contributed by atoms with Crippen LogP contribution in [0.2, 0.25) is 0 Å². The molecule has 1 amide bonds. The van der Waals surface area contributed by atoms with Gasteiger partial charge in [0.2, 0.25) is 5.91 Å². The summed E-state index contributed by atoms with van der Waals surface area (Å²) in [5.41, 5.74) is 0. The molecule has 3 atom stereocenters. The van der Waals surface area contributed by atoms with Crippen LogP contribution in [0, 0.1) is 0 Å². The highest BCUT2D eigenvalue weighted by Crippen LogP contribution is 2.17. The number of carbonyl (C=O) groups is 2. The highest BCUT2D eigenvalue weighted by Gasteiger charge is 2.23. The van der Waals surface area contributed by atoms with Crippen molar-refractivity contribution in [3.63, 3.8) is 0 Å². The molecule has 0 rings (SSSR count). The fourth-order valence-electron chi connectivity index (χ4n) is 8.06. The minimum Gasteiger partial charge on any atom is -0.461 e. The number of amides is 1. The number of allylic oxidation sites excluding steroid dienone is 7. The van der Waals surface area contributed by atoms with Crippen LogP contribution in [0.25, 0.3) is 0 Å². The third-order valence-corrected chi connectivity index (χ3v) is 12.2. The molecule has 3 unspecified atom stereocenters. The molecule has 0 spiro atoms. The largest absolute Gasteiger partial charge is 0.461 e. The Labute approximate surface area is 385 Å². The van der Waals surface area contributed by atoms with Crippen molar-refractivity contribution in [1.29, 1.82) is 0 Å². The van der Waals surface area contributed by atoms with Crippen molar-refractivity contribution < 1.29 is 24.5 Å². The highest BCUT2D eigenvalue weighted by molar-refractivity contribution is 5.77. The minimum atomic E-state index is -0.809. The topological polar surface area (TPSA) is 95.9 Å². The number of hydrogen-bond donors (Lipinski definition) is 3. The lowest BCUT2D eigenvalue weighted by Crippen LogP contribution is -2.46. The molecular weight excluding hydrogens is 767 g/mol. The lowest BCUT2D eigenvalue weighted by atomic mass is 10.0. The molecule has 0 radical (unpaired) electrons. The van der Waals surface area contributed by atoms with E-state index in [4.69, 9.17) is 4.74 Å². The Morgan fingerprint density at radius 2 is 0.855 bits per heavy atom. The first-order valence-electron chi connectivity index (χ1n) is 26.9. The molecule has 0 bridgehead atoms. The molecule has 0 aliphatic carbocycles. The second-order valence-corrected chi connectivity index (χ2v) is 18.3. The van der Waals surface area contributed by atoms with Gasteiger partial charge in [-0.25, -0.2) is 0 Å². The quantitative estimate of drug-likeness (QED) is 0.0322. The van der Waals surface area contributed by atoms with E-state index < -0.39 is 18.2 Å². The van der Waals surface area contributed by atoms with Crippen molar-refractivity contribution in [2.75, 3.05) is 6.61 Å². The molecule has 6 heteroatoms. The lowest BCUT2D eigenvalue weighted by Gasteiger charge is -2.24. The number of esters is 1. The monoisotopic (exact) mass is 870 g/mol. The number of unbranched alkanes of at least 4 members (excludes halogenated alkanes) is 29. The molecule has 0 saturated heterocycles. The van der Waals surface area contributed by atoms with Crippen LogP contribution in [0.4, 0.5) is 0 Å². The summed E-state index contributed by atoms with van der Waals surface area (Å²) in [6, 6.07) is -0.729. The number of aliphatic hydroxyl groups excluding tert-OH is 2. The zero-order chi connectivity index (χ0) is 45.2. The second-order valence-electron chi connectivity index (χ2n) is 18.3. The third-order valence-electron chi connectivity index (χ3n) is 12.2. The average Bonchev–Trinajstić information content (AvgIpc) is 3.26. The lowest BCUT2D eigenvalue weighted by molar-refractivity contribution is -0.150. The fourth-order valence-corrected chi connectivity index (χ4v) is 8.06. The van der Waals surface area contributed by atoms with E-state index >= 15 is 0 Å². The van der Waals surface area contributed by atoms with Crippen LogP contribution in [0.15, 0.2) is 48.6 Å². The normalized spacial score (nSPS) is 13.6. The van der Waals surface area contributed by atoms with Gasteiger partial charge in [-0.3, -0.25) is 9.59 Å². The highest BCUT2D eigenvalue weighted by atomic mass is 16.5. The van der Waals surface area contributed by atoms with Gasteiger partial charge < -0.3 is 20.3 Å². The summed E-state index contributed by atoms with van der Waals surface area (Å²) in [5, 5.41) is 23.8. The van der Waals surface area contributed by atoms with Crippen LogP contribution in [-0.2, 0) is 14.3 Å². The van der Waals surface area contributed by atoms with Crippen LogP contribution in [0.5, 0.6) is 0 Å². The van der Waals surface area contributed by atoms with Crippen molar-refractivity contribution in [2.24, 2.45) is 0 Å². The van der Waals surface area contributed by atoms with Gasteiger partial charge in [0.1, 0.15) is 6.10 Å². The van der Waals surface area contributed by atoms with Gasteiger partial charge in [0.25, 0.3) is 0 Å². The summed E-state index contributed by atoms with van der Waals surface area (Å²) in [7, 11) is 0. The molecule has 0 aromatic rings. The standard InChI is InChI=1S/C56H103NO5/c1-4-7-10-13-16-19-22-25-27-29-31-33-36-39-42-45-48-54(59)53(51-58)57-55(60)50-52(47-44-41-38-35-32-30-28-26-23-20-17-14-11-8-5-2)62-56(61)49-46-43-40-37-34-24-21-18-15-12-9-6-3/h17,20,26,28,32,35,41,44,52-54,58-59H,4-16,18-19,21-25,27,29-31,33-34,36-40,42-43,45-51H2,1-3H3,(H,57,60)/b20-17-,28-26-,35-32-,44-41-. The molecule has 0 aromatic carbocycles. The van der Waals surface area contributed by atoms with E-state index in [1.807, 2.05) is 6.08 Å². The van der Waals surface area contributed by atoms with Gasteiger partial charge in [0.05, 0.1) is 25.2 Å². The summed E-state index contributed by atoms with van der Waals surface area (Å²) >= 11 is 0. The van der Waals surface area contributed by atoms with E-state index in [0.717, 1.165) is 57.8 Å². The Morgan fingerprint density at radius 3 is 1.29 bits per heavy atom. The smallest absolute Gasteiger partial charge is 0.306 e. The van der Waals surface area contributed by atoms with Crippen molar-refractivity contribution in [2.45, 2.75) is 289 Å². The minimum absolute atomic E-state index is 0.00444. The SMILES string of the molecule is CCCCC/C=C\C/C=C\C/C=C\C/C=C\CC(CC(=O)NC(CO)C(O)CCCCCCCCCCCCCCCCCC)OC(=O)CCCCCCCCCCCCCC. The summed E-state index contributed by atoms with van der Waals surface area (Å²) < 4.78 is 5.87. The van der Waals surface area contributed by atoms with E-state index in [2.05, 4.69) is 68.6 Å². The predicted octanol–water partition coefficient (Wildman–Crippen LogP) is 16.2. The second kappa shape index (κ2) is 49.8. The number of ether oxygens (including phenoxy) is 1. The van der Waals surface area contributed by atoms with E-state index in [9.17, 15) is 19.8 Å². The van der Waals surface area contributed by atoms with Crippen LogP contribution in [0.1, 0.15) is 271 Å². The number of nitrogens with one attached hydrogen (secondary N) is 1. The first-order valence-corrected chi connectivity index (χ1v) is 26.9. The predicted molar refractivity (Wildman–Crippen MR) is 269 cm³/mol. The summed E-state index contributed by atoms with van der Waals surface area (Å²) in [6.45, 7) is 6.44. The third kappa shape index (κ3) is 44.4. The maximum Gasteiger partial charge on any atom is 0.306 e. The van der Waals surface area contributed by atoms with Crippen molar-refractivity contribution >= 4 is 11.9 Å².